The lowest BCUT2D eigenvalue weighted by Crippen LogP contribution is -2.28. The van der Waals surface area contributed by atoms with Crippen LogP contribution in [-0.4, -0.2) is 28.8 Å². The number of cyclic esters (lactones) is 1. The summed E-state index contributed by atoms with van der Waals surface area (Å²) >= 11 is 0. The van der Waals surface area contributed by atoms with Gasteiger partial charge in [-0.15, -0.1) is 0 Å². The molecule has 0 spiro atoms. The lowest BCUT2D eigenvalue weighted by atomic mass is 10.1. The summed E-state index contributed by atoms with van der Waals surface area (Å²) in [6.07, 6.45) is 1.53. The van der Waals surface area contributed by atoms with E-state index in [0.717, 1.165) is 5.69 Å². The molecule has 1 aliphatic rings. The Hall–Kier alpha value is -1.78. The van der Waals surface area contributed by atoms with Crippen molar-refractivity contribution in [1.29, 1.82) is 0 Å². The van der Waals surface area contributed by atoms with Gasteiger partial charge >= 0.3 is 12.1 Å². The summed E-state index contributed by atoms with van der Waals surface area (Å²) in [6, 6.07) is 3.58. The van der Waals surface area contributed by atoms with Gasteiger partial charge in [0.1, 0.15) is 12.2 Å². The molecule has 0 unspecified atom stereocenters. The molecule has 1 saturated heterocycles. The Morgan fingerprint density at radius 1 is 1.50 bits per heavy atom. The van der Waals surface area contributed by atoms with E-state index in [2.05, 4.69) is 0 Å². The fourth-order valence-electron chi connectivity index (χ4n) is 1.91. The molecule has 1 aromatic heterocycles. The Balaban J connectivity index is 2.17. The van der Waals surface area contributed by atoms with Gasteiger partial charge in [0.2, 0.25) is 0 Å². The van der Waals surface area contributed by atoms with Crippen molar-refractivity contribution in [3.8, 4) is 0 Å². The lowest BCUT2D eigenvalue weighted by Gasteiger charge is -2.21. The minimum absolute atomic E-state index is 0.0694. The molecule has 1 fully saturated rings. The molecule has 0 aliphatic carbocycles. The van der Waals surface area contributed by atoms with Gasteiger partial charge in [-0.3, -0.25) is 9.36 Å². The summed E-state index contributed by atoms with van der Waals surface area (Å²) in [5, 5.41) is 0. The van der Waals surface area contributed by atoms with Crippen molar-refractivity contribution in [3.05, 3.63) is 24.0 Å². The van der Waals surface area contributed by atoms with Gasteiger partial charge in [-0.1, -0.05) is 0 Å². The molecule has 5 nitrogen and oxygen atoms in total. The Kier molecular flexibility index (Phi) is 3.15. The molecule has 1 aliphatic heterocycles. The molecular formula is C13H17NO4. The number of rotatable bonds is 1. The zero-order valence-corrected chi connectivity index (χ0v) is 10.8. The third-order valence-electron chi connectivity index (χ3n) is 2.65. The quantitative estimate of drug-likeness (QED) is 0.719. The maximum absolute atomic E-state index is 12.0. The predicted molar refractivity (Wildman–Crippen MR) is 64.4 cm³/mol. The average molecular weight is 251 g/mol. The number of ether oxygens (including phenoxy) is 2. The van der Waals surface area contributed by atoms with Crippen molar-refractivity contribution in [2.45, 2.75) is 38.7 Å². The van der Waals surface area contributed by atoms with Crippen LogP contribution < -0.4 is 0 Å². The van der Waals surface area contributed by atoms with Crippen LogP contribution in [-0.2, 0) is 14.3 Å². The summed E-state index contributed by atoms with van der Waals surface area (Å²) in [6.45, 7) is 5.77. The Labute approximate surface area is 106 Å². The topological polar surface area (TPSA) is 57.5 Å². The second kappa shape index (κ2) is 4.48. The van der Waals surface area contributed by atoms with E-state index in [1.807, 2.05) is 26.8 Å². The van der Waals surface area contributed by atoms with Gasteiger partial charge in [0.15, 0.2) is 0 Å². The van der Waals surface area contributed by atoms with E-state index in [0.29, 0.717) is 13.0 Å². The molecule has 0 bridgehead atoms. The van der Waals surface area contributed by atoms with E-state index < -0.39 is 11.7 Å². The number of carbonyl (C=O) groups is 2. The molecule has 98 valence electrons. The van der Waals surface area contributed by atoms with Gasteiger partial charge < -0.3 is 9.47 Å². The smallest absolute Gasteiger partial charge is 0.418 e. The molecule has 1 atom stereocenters. The van der Waals surface area contributed by atoms with Crippen molar-refractivity contribution in [1.82, 2.24) is 4.57 Å². The van der Waals surface area contributed by atoms with Crippen LogP contribution in [0.4, 0.5) is 4.79 Å². The van der Waals surface area contributed by atoms with Gasteiger partial charge in [-0.05, 0) is 32.9 Å². The monoisotopic (exact) mass is 251 g/mol. The minimum Gasteiger partial charge on any atom is -0.465 e. The van der Waals surface area contributed by atoms with Crippen molar-refractivity contribution in [2.24, 2.45) is 0 Å². The third kappa shape index (κ3) is 2.72. The molecule has 18 heavy (non-hydrogen) atoms. The van der Waals surface area contributed by atoms with E-state index >= 15 is 0 Å². The largest absolute Gasteiger partial charge is 0.465 e. The second-order valence-corrected chi connectivity index (χ2v) is 5.37. The molecular weight excluding hydrogens is 234 g/mol. The van der Waals surface area contributed by atoms with E-state index in [9.17, 15) is 9.59 Å². The van der Waals surface area contributed by atoms with E-state index in [4.69, 9.17) is 9.47 Å². The van der Waals surface area contributed by atoms with Crippen LogP contribution in [0, 0.1) is 0 Å². The standard InChI is InChI=1S/C13H17NO4/c1-13(2,3)18-12(16)14-6-4-5-10(14)9-7-11(15)17-8-9/h4-6,9H,7-8H2,1-3H3/t9-/m0/s1. The van der Waals surface area contributed by atoms with Crippen LogP contribution >= 0.6 is 0 Å². The first-order valence-corrected chi connectivity index (χ1v) is 5.93. The van der Waals surface area contributed by atoms with Crippen LogP contribution in [0.3, 0.4) is 0 Å². The zero-order chi connectivity index (χ0) is 13.3. The number of carbonyl (C=O) groups excluding carboxylic acids is 2. The lowest BCUT2D eigenvalue weighted by molar-refractivity contribution is -0.137. The minimum atomic E-state index is -0.541. The molecule has 0 saturated carbocycles. The number of esters is 1. The van der Waals surface area contributed by atoms with Crippen LogP contribution in [0.2, 0.25) is 0 Å². The number of hydrogen-bond donors (Lipinski definition) is 0. The molecule has 0 aromatic carbocycles. The highest BCUT2D eigenvalue weighted by atomic mass is 16.6. The van der Waals surface area contributed by atoms with E-state index in [1.165, 1.54) is 4.57 Å². The summed E-state index contributed by atoms with van der Waals surface area (Å²) < 4.78 is 11.7. The highest BCUT2D eigenvalue weighted by Gasteiger charge is 2.29. The number of aromatic nitrogens is 1. The maximum Gasteiger partial charge on any atom is 0.418 e. The first-order chi connectivity index (χ1) is 8.37. The highest BCUT2D eigenvalue weighted by Crippen LogP contribution is 2.27. The Bertz CT molecular complexity index is 470. The van der Waals surface area contributed by atoms with Gasteiger partial charge in [0.25, 0.3) is 0 Å². The summed E-state index contributed by atoms with van der Waals surface area (Å²) in [5.74, 6) is -0.294. The molecule has 2 rings (SSSR count). The molecule has 1 aromatic rings. The van der Waals surface area contributed by atoms with Crippen molar-refractivity contribution in [3.63, 3.8) is 0 Å². The molecule has 2 heterocycles. The van der Waals surface area contributed by atoms with Crippen LogP contribution in [0.15, 0.2) is 18.3 Å². The molecule has 0 radical (unpaired) electrons. The summed E-state index contributed by atoms with van der Waals surface area (Å²) in [5.41, 5.74) is 0.218. The van der Waals surface area contributed by atoms with Crippen molar-refractivity contribution >= 4 is 12.1 Å². The average Bonchev–Trinajstić information content (AvgIpc) is 2.81. The predicted octanol–water partition coefficient (Wildman–Crippen LogP) is 2.30. The Morgan fingerprint density at radius 2 is 2.22 bits per heavy atom. The summed E-state index contributed by atoms with van der Waals surface area (Å²) in [7, 11) is 0. The molecule has 0 N–H and O–H groups in total. The highest BCUT2D eigenvalue weighted by molar-refractivity contribution is 5.75. The third-order valence-corrected chi connectivity index (χ3v) is 2.65. The normalized spacial score (nSPS) is 19.7. The van der Waals surface area contributed by atoms with Gasteiger partial charge in [0.05, 0.1) is 6.42 Å². The van der Waals surface area contributed by atoms with Crippen LogP contribution in [0.25, 0.3) is 0 Å². The zero-order valence-electron chi connectivity index (χ0n) is 10.8. The number of hydrogen-bond acceptors (Lipinski definition) is 4. The van der Waals surface area contributed by atoms with Gasteiger partial charge in [0, 0.05) is 17.8 Å². The molecule has 5 heteroatoms. The Morgan fingerprint density at radius 3 is 2.78 bits per heavy atom. The van der Waals surface area contributed by atoms with Gasteiger partial charge in [-0.25, -0.2) is 4.79 Å². The first kappa shape index (κ1) is 12.7. The van der Waals surface area contributed by atoms with Gasteiger partial charge in [-0.2, -0.15) is 0 Å². The maximum atomic E-state index is 12.0. The second-order valence-electron chi connectivity index (χ2n) is 5.37. The fraction of sp³-hybridized carbons (Fsp3) is 0.538. The number of nitrogens with zero attached hydrogens (tertiary/aromatic N) is 1. The van der Waals surface area contributed by atoms with E-state index in [-0.39, 0.29) is 11.9 Å². The van der Waals surface area contributed by atoms with Crippen LogP contribution in [0.1, 0.15) is 38.8 Å². The summed E-state index contributed by atoms with van der Waals surface area (Å²) in [4.78, 5) is 23.1. The van der Waals surface area contributed by atoms with E-state index in [1.54, 1.807) is 12.3 Å². The molecule has 0 amide bonds. The van der Waals surface area contributed by atoms with Crippen LogP contribution in [0.5, 0.6) is 0 Å². The fourth-order valence-corrected chi connectivity index (χ4v) is 1.91. The SMILES string of the molecule is CC(C)(C)OC(=O)n1cccc1[C@@H]1COC(=O)C1. The first-order valence-electron chi connectivity index (χ1n) is 5.93. The van der Waals surface area contributed by atoms with Crippen molar-refractivity contribution < 1.29 is 19.1 Å². The van der Waals surface area contributed by atoms with Crippen molar-refractivity contribution in [2.75, 3.05) is 6.61 Å².